The Bertz CT molecular complexity index is 346. The Hall–Kier alpha value is -0.860. The molecule has 0 saturated carbocycles. The van der Waals surface area contributed by atoms with E-state index in [1.807, 2.05) is 0 Å². The summed E-state index contributed by atoms with van der Waals surface area (Å²) in [7, 11) is 0. The number of hydrogen-bond acceptors (Lipinski definition) is 2. The Morgan fingerprint density at radius 2 is 1.95 bits per heavy atom. The number of rotatable bonds is 8. The number of benzene rings is 1. The predicted octanol–water partition coefficient (Wildman–Crippen LogP) is 4.32. The molecule has 1 aliphatic rings. The Kier molecular flexibility index (Phi) is 7.10. The van der Waals surface area contributed by atoms with E-state index in [-0.39, 0.29) is 0 Å². The van der Waals surface area contributed by atoms with Crippen molar-refractivity contribution in [3.8, 4) is 0 Å². The van der Waals surface area contributed by atoms with E-state index in [2.05, 4.69) is 42.6 Å². The van der Waals surface area contributed by atoms with Gasteiger partial charge in [0.2, 0.25) is 0 Å². The standard InChI is InChI=1S/C18H29NO/c1-2-13-19-18(17-8-4-3-5-9-17)10-6-7-16-11-14-20-15-12-16/h3-5,8-9,16,18-19H,2,6-7,10-15H2,1H3. The van der Waals surface area contributed by atoms with E-state index in [9.17, 15) is 0 Å². The van der Waals surface area contributed by atoms with E-state index in [0.717, 1.165) is 25.7 Å². The second-order valence-corrected chi connectivity index (χ2v) is 5.90. The van der Waals surface area contributed by atoms with Gasteiger partial charge in [-0.1, -0.05) is 50.1 Å². The summed E-state index contributed by atoms with van der Waals surface area (Å²) in [6.07, 6.45) is 7.66. The van der Waals surface area contributed by atoms with Crippen LogP contribution in [0.15, 0.2) is 30.3 Å². The van der Waals surface area contributed by atoms with Crippen LogP contribution in [0, 0.1) is 5.92 Å². The van der Waals surface area contributed by atoms with Crippen LogP contribution < -0.4 is 5.32 Å². The molecule has 0 amide bonds. The highest BCUT2D eigenvalue weighted by Crippen LogP contribution is 2.25. The predicted molar refractivity (Wildman–Crippen MR) is 84.9 cm³/mol. The monoisotopic (exact) mass is 275 g/mol. The summed E-state index contributed by atoms with van der Waals surface area (Å²) in [5.74, 6) is 0.895. The van der Waals surface area contributed by atoms with Crippen molar-refractivity contribution in [2.45, 2.75) is 51.5 Å². The van der Waals surface area contributed by atoms with E-state index >= 15 is 0 Å². The van der Waals surface area contributed by atoms with E-state index in [1.54, 1.807) is 0 Å². The number of ether oxygens (including phenoxy) is 1. The molecule has 1 aliphatic heterocycles. The first-order valence-electron chi connectivity index (χ1n) is 8.26. The fraction of sp³-hybridized carbons (Fsp3) is 0.667. The van der Waals surface area contributed by atoms with Crippen molar-refractivity contribution in [3.63, 3.8) is 0 Å². The minimum absolute atomic E-state index is 0.524. The zero-order valence-electron chi connectivity index (χ0n) is 12.8. The van der Waals surface area contributed by atoms with Crippen LogP contribution >= 0.6 is 0 Å². The summed E-state index contributed by atoms with van der Waals surface area (Å²) in [6.45, 7) is 5.29. The third-order valence-corrected chi connectivity index (χ3v) is 4.29. The zero-order chi connectivity index (χ0) is 14.0. The molecule has 1 N–H and O–H groups in total. The lowest BCUT2D eigenvalue weighted by atomic mass is 9.92. The Balaban J connectivity index is 1.78. The van der Waals surface area contributed by atoms with Crippen molar-refractivity contribution in [1.29, 1.82) is 0 Å². The van der Waals surface area contributed by atoms with E-state index in [1.165, 1.54) is 44.1 Å². The molecule has 1 heterocycles. The molecular formula is C18H29NO. The fourth-order valence-electron chi connectivity index (χ4n) is 3.04. The molecular weight excluding hydrogens is 246 g/mol. The maximum absolute atomic E-state index is 5.44. The van der Waals surface area contributed by atoms with Gasteiger partial charge in [0.1, 0.15) is 0 Å². The normalized spacial score (nSPS) is 18.1. The van der Waals surface area contributed by atoms with E-state index in [0.29, 0.717) is 6.04 Å². The number of nitrogens with one attached hydrogen (secondary N) is 1. The highest BCUT2D eigenvalue weighted by molar-refractivity contribution is 5.18. The van der Waals surface area contributed by atoms with Crippen molar-refractivity contribution in [2.24, 2.45) is 5.92 Å². The maximum atomic E-state index is 5.44. The maximum Gasteiger partial charge on any atom is 0.0468 e. The van der Waals surface area contributed by atoms with Crippen LogP contribution in [0.2, 0.25) is 0 Å². The average Bonchev–Trinajstić information content (AvgIpc) is 2.52. The topological polar surface area (TPSA) is 21.3 Å². The average molecular weight is 275 g/mol. The lowest BCUT2D eigenvalue weighted by molar-refractivity contribution is 0.0629. The van der Waals surface area contributed by atoms with Crippen LogP contribution in [0.3, 0.4) is 0 Å². The van der Waals surface area contributed by atoms with Gasteiger partial charge < -0.3 is 10.1 Å². The van der Waals surface area contributed by atoms with Crippen LogP contribution in [-0.2, 0) is 4.74 Å². The lowest BCUT2D eigenvalue weighted by Crippen LogP contribution is -2.22. The van der Waals surface area contributed by atoms with Crippen LogP contribution in [-0.4, -0.2) is 19.8 Å². The molecule has 1 unspecified atom stereocenters. The van der Waals surface area contributed by atoms with Crippen LogP contribution in [0.4, 0.5) is 0 Å². The molecule has 1 aromatic carbocycles. The van der Waals surface area contributed by atoms with Gasteiger partial charge in [-0.05, 0) is 43.7 Å². The molecule has 0 bridgehead atoms. The lowest BCUT2D eigenvalue weighted by Gasteiger charge is -2.24. The van der Waals surface area contributed by atoms with Gasteiger partial charge in [-0.25, -0.2) is 0 Å². The van der Waals surface area contributed by atoms with Gasteiger partial charge in [0.05, 0.1) is 0 Å². The quantitative estimate of drug-likeness (QED) is 0.762. The molecule has 0 aromatic heterocycles. The first-order valence-corrected chi connectivity index (χ1v) is 8.26. The van der Waals surface area contributed by atoms with Crippen LogP contribution in [0.25, 0.3) is 0 Å². The van der Waals surface area contributed by atoms with E-state index in [4.69, 9.17) is 4.74 Å². The smallest absolute Gasteiger partial charge is 0.0468 e. The second-order valence-electron chi connectivity index (χ2n) is 5.90. The highest BCUT2D eigenvalue weighted by atomic mass is 16.5. The van der Waals surface area contributed by atoms with Gasteiger partial charge in [-0.3, -0.25) is 0 Å². The highest BCUT2D eigenvalue weighted by Gasteiger charge is 2.15. The largest absolute Gasteiger partial charge is 0.381 e. The molecule has 1 saturated heterocycles. The summed E-state index contributed by atoms with van der Waals surface area (Å²) in [6, 6.07) is 11.4. The molecule has 0 spiro atoms. The van der Waals surface area contributed by atoms with Gasteiger partial charge >= 0.3 is 0 Å². The van der Waals surface area contributed by atoms with Gasteiger partial charge in [-0.15, -0.1) is 0 Å². The molecule has 112 valence electrons. The van der Waals surface area contributed by atoms with Crippen molar-refractivity contribution in [1.82, 2.24) is 5.32 Å². The summed E-state index contributed by atoms with van der Waals surface area (Å²) >= 11 is 0. The molecule has 1 aromatic rings. The van der Waals surface area contributed by atoms with Crippen molar-refractivity contribution >= 4 is 0 Å². The summed E-state index contributed by atoms with van der Waals surface area (Å²) < 4.78 is 5.44. The molecule has 1 atom stereocenters. The van der Waals surface area contributed by atoms with E-state index < -0.39 is 0 Å². The molecule has 2 heteroatoms. The van der Waals surface area contributed by atoms with Gasteiger partial charge in [0, 0.05) is 19.3 Å². The minimum atomic E-state index is 0.524. The molecule has 20 heavy (non-hydrogen) atoms. The van der Waals surface area contributed by atoms with Gasteiger partial charge in [-0.2, -0.15) is 0 Å². The first kappa shape index (κ1) is 15.5. The SMILES string of the molecule is CCCNC(CCCC1CCOCC1)c1ccccc1. The zero-order valence-corrected chi connectivity index (χ0v) is 12.8. The second kappa shape index (κ2) is 9.15. The van der Waals surface area contributed by atoms with Crippen molar-refractivity contribution in [2.75, 3.05) is 19.8 Å². The molecule has 0 aliphatic carbocycles. The Labute approximate surface area is 123 Å². The molecule has 1 fully saturated rings. The fourth-order valence-corrected chi connectivity index (χ4v) is 3.04. The Morgan fingerprint density at radius 3 is 2.65 bits per heavy atom. The minimum Gasteiger partial charge on any atom is -0.381 e. The summed E-state index contributed by atoms with van der Waals surface area (Å²) in [4.78, 5) is 0. The molecule has 2 rings (SSSR count). The van der Waals surface area contributed by atoms with Crippen LogP contribution in [0.5, 0.6) is 0 Å². The third kappa shape index (κ3) is 5.26. The molecule has 2 nitrogen and oxygen atoms in total. The van der Waals surface area contributed by atoms with Crippen molar-refractivity contribution < 1.29 is 4.74 Å². The molecule has 0 radical (unpaired) electrons. The summed E-state index contributed by atoms with van der Waals surface area (Å²) in [5.41, 5.74) is 1.44. The third-order valence-electron chi connectivity index (χ3n) is 4.29. The Morgan fingerprint density at radius 1 is 1.20 bits per heavy atom. The number of hydrogen-bond donors (Lipinski definition) is 1. The van der Waals surface area contributed by atoms with Gasteiger partial charge in [0.25, 0.3) is 0 Å². The van der Waals surface area contributed by atoms with Gasteiger partial charge in [0.15, 0.2) is 0 Å². The first-order chi connectivity index (χ1) is 9.90. The van der Waals surface area contributed by atoms with Crippen molar-refractivity contribution in [3.05, 3.63) is 35.9 Å². The summed E-state index contributed by atoms with van der Waals surface area (Å²) in [5, 5.41) is 3.70. The van der Waals surface area contributed by atoms with Crippen LogP contribution in [0.1, 0.15) is 57.1 Å².